The molecule has 5 nitrogen and oxygen atoms in total. The van der Waals surface area contributed by atoms with Crippen molar-refractivity contribution in [2.75, 3.05) is 13.2 Å². The maximum atomic E-state index is 11.8. The third kappa shape index (κ3) is 5.54. The van der Waals surface area contributed by atoms with Gasteiger partial charge >= 0.3 is 5.97 Å². The first-order valence-electron chi connectivity index (χ1n) is 5.98. The third-order valence-electron chi connectivity index (χ3n) is 2.46. The number of amides is 1. The van der Waals surface area contributed by atoms with Gasteiger partial charge in [-0.3, -0.25) is 4.79 Å². The normalized spacial score (nSPS) is 11.7. The number of rotatable bonds is 8. The Bertz CT molecular complexity index is 490. The van der Waals surface area contributed by atoms with E-state index < -0.39 is 12.0 Å². The van der Waals surface area contributed by atoms with E-state index in [4.69, 9.17) is 9.84 Å². The Hall–Kier alpha value is -1.66. The predicted molar refractivity (Wildman–Crippen MR) is 78.4 cm³/mol. The van der Waals surface area contributed by atoms with E-state index in [1.165, 1.54) is 6.08 Å². The number of hydrogen-bond acceptors (Lipinski definition) is 3. The standard InChI is InChI=1S/C14H16BrNO4/c1-2-7-20-9-12(14(18)19)16-13(17)8-10-5-3-4-6-11(10)15/h2-6,12H,1,7-9H2,(H,16,17)(H,18,19). The lowest BCUT2D eigenvalue weighted by atomic mass is 10.1. The molecule has 2 N–H and O–H groups in total. The maximum absolute atomic E-state index is 11.8. The minimum absolute atomic E-state index is 0.0942. The highest BCUT2D eigenvalue weighted by atomic mass is 79.9. The third-order valence-corrected chi connectivity index (χ3v) is 3.24. The van der Waals surface area contributed by atoms with Crippen LogP contribution in [0.4, 0.5) is 0 Å². The number of benzene rings is 1. The quantitative estimate of drug-likeness (QED) is 0.558. The molecule has 108 valence electrons. The molecular formula is C14H16BrNO4. The average Bonchev–Trinajstić information content (AvgIpc) is 2.40. The molecule has 1 aromatic rings. The first kappa shape index (κ1) is 16.4. The van der Waals surface area contributed by atoms with Crippen molar-refractivity contribution in [2.45, 2.75) is 12.5 Å². The first-order valence-corrected chi connectivity index (χ1v) is 6.78. The molecule has 1 aromatic carbocycles. The Morgan fingerprint density at radius 3 is 2.75 bits per heavy atom. The summed E-state index contributed by atoms with van der Waals surface area (Å²) in [6.45, 7) is 3.61. The molecular weight excluding hydrogens is 326 g/mol. The molecule has 0 saturated heterocycles. The summed E-state index contributed by atoms with van der Waals surface area (Å²) >= 11 is 3.34. The van der Waals surface area contributed by atoms with Crippen LogP contribution in [0.25, 0.3) is 0 Å². The molecule has 20 heavy (non-hydrogen) atoms. The maximum Gasteiger partial charge on any atom is 0.328 e. The van der Waals surface area contributed by atoms with Gasteiger partial charge in [0.1, 0.15) is 0 Å². The lowest BCUT2D eigenvalue weighted by Gasteiger charge is -2.14. The summed E-state index contributed by atoms with van der Waals surface area (Å²) in [4.78, 5) is 22.9. The van der Waals surface area contributed by atoms with Gasteiger partial charge in [-0.05, 0) is 11.6 Å². The predicted octanol–water partition coefficient (Wildman–Crippen LogP) is 1.76. The number of nitrogens with one attached hydrogen (secondary N) is 1. The minimum Gasteiger partial charge on any atom is -0.480 e. The Balaban J connectivity index is 2.56. The van der Waals surface area contributed by atoms with Crippen LogP contribution in [0.3, 0.4) is 0 Å². The van der Waals surface area contributed by atoms with Crippen molar-refractivity contribution < 1.29 is 19.4 Å². The van der Waals surface area contributed by atoms with Gasteiger partial charge in [-0.15, -0.1) is 6.58 Å². The van der Waals surface area contributed by atoms with E-state index in [-0.39, 0.29) is 25.5 Å². The lowest BCUT2D eigenvalue weighted by molar-refractivity contribution is -0.143. The molecule has 0 spiro atoms. The van der Waals surface area contributed by atoms with Gasteiger partial charge in [-0.2, -0.15) is 0 Å². The highest BCUT2D eigenvalue weighted by Gasteiger charge is 2.20. The molecule has 1 unspecified atom stereocenters. The van der Waals surface area contributed by atoms with E-state index >= 15 is 0 Å². The van der Waals surface area contributed by atoms with E-state index in [0.29, 0.717) is 0 Å². The van der Waals surface area contributed by atoms with Crippen molar-refractivity contribution in [3.8, 4) is 0 Å². The Labute approximate surface area is 125 Å². The molecule has 0 aliphatic rings. The summed E-state index contributed by atoms with van der Waals surface area (Å²) in [5.41, 5.74) is 0.793. The molecule has 1 amide bonds. The summed E-state index contributed by atoms with van der Waals surface area (Å²) in [6, 6.07) is 6.21. The van der Waals surface area contributed by atoms with Crippen molar-refractivity contribution in [1.29, 1.82) is 0 Å². The molecule has 0 saturated carbocycles. The SMILES string of the molecule is C=CCOCC(NC(=O)Cc1ccccc1Br)C(=O)O. The molecule has 0 fully saturated rings. The monoisotopic (exact) mass is 341 g/mol. The molecule has 0 aliphatic heterocycles. The van der Waals surface area contributed by atoms with Gasteiger partial charge in [-0.1, -0.05) is 40.2 Å². The Kier molecular flexibility index (Phi) is 6.97. The number of hydrogen-bond donors (Lipinski definition) is 2. The summed E-state index contributed by atoms with van der Waals surface area (Å²) in [5, 5.41) is 11.4. The lowest BCUT2D eigenvalue weighted by Crippen LogP contribution is -2.44. The second kappa shape index (κ2) is 8.50. The van der Waals surface area contributed by atoms with Crippen LogP contribution in [-0.2, 0) is 20.7 Å². The highest BCUT2D eigenvalue weighted by molar-refractivity contribution is 9.10. The van der Waals surface area contributed by atoms with Gasteiger partial charge in [0.2, 0.25) is 5.91 Å². The van der Waals surface area contributed by atoms with Gasteiger partial charge in [0.25, 0.3) is 0 Å². The van der Waals surface area contributed by atoms with Crippen molar-refractivity contribution in [3.63, 3.8) is 0 Å². The summed E-state index contributed by atoms with van der Waals surface area (Å²) in [7, 11) is 0. The van der Waals surface area contributed by atoms with Gasteiger partial charge in [0, 0.05) is 4.47 Å². The number of carboxylic acid groups (broad SMARTS) is 1. The zero-order chi connectivity index (χ0) is 15.0. The largest absolute Gasteiger partial charge is 0.480 e. The highest BCUT2D eigenvalue weighted by Crippen LogP contribution is 2.16. The number of aliphatic carboxylic acids is 1. The number of carbonyl (C=O) groups excluding carboxylic acids is 1. The minimum atomic E-state index is -1.13. The van der Waals surface area contributed by atoms with Crippen molar-refractivity contribution in [3.05, 3.63) is 47.0 Å². The van der Waals surface area contributed by atoms with E-state index in [2.05, 4.69) is 27.8 Å². The molecule has 0 aliphatic carbocycles. The van der Waals surface area contributed by atoms with E-state index in [9.17, 15) is 9.59 Å². The molecule has 1 atom stereocenters. The van der Waals surface area contributed by atoms with Crippen molar-refractivity contribution in [2.24, 2.45) is 0 Å². The fourth-order valence-corrected chi connectivity index (χ4v) is 1.93. The van der Waals surface area contributed by atoms with Gasteiger partial charge in [0.15, 0.2) is 6.04 Å². The second-order valence-corrected chi connectivity index (χ2v) is 4.91. The topological polar surface area (TPSA) is 75.6 Å². The van der Waals surface area contributed by atoms with Crippen LogP contribution in [-0.4, -0.2) is 36.2 Å². The summed E-state index contributed by atoms with van der Waals surface area (Å²) in [6.07, 6.45) is 1.62. The smallest absolute Gasteiger partial charge is 0.328 e. The van der Waals surface area contributed by atoms with Crippen molar-refractivity contribution in [1.82, 2.24) is 5.32 Å². The number of ether oxygens (including phenoxy) is 1. The zero-order valence-corrected chi connectivity index (χ0v) is 12.4. The number of carboxylic acids is 1. The molecule has 0 heterocycles. The molecule has 0 bridgehead atoms. The number of halogens is 1. The van der Waals surface area contributed by atoms with Crippen molar-refractivity contribution >= 4 is 27.8 Å². The summed E-state index contributed by atoms with van der Waals surface area (Å²) in [5.74, 6) is -1.50. The van der Waals surface area contributed by atoms with E-state index in [1.54, 1.807) is 6.07 Å². The van der Waals surface area contributed by atoms with Crippen LogP contribution >= 0.6 is 15.9 Å². The average molecular weight is 342 g/mol. The van der Waals surface area contributed by atoms with E-state index in [1.807, 2.05) is 18.2 Å². The Morgan fingerprint density at radius 2 is 2.15 bits per heavy atom. The van der Waals surface area contributed by atoms with Crippen LogP contribution in [0.5, 0.6) is 0 Å². The Morgan fingerprint density at radius 1 is 1.45 bits per heavy atom. The molecule has 0 aromatic heterocycles. The van der Waals surface area contributed by atoms with Crippen LogP contribution < -0.4 is 5.32 Å². The molecule has 0 radical (unpaired) electrons. The second-order valence-electron chi connectivity index (χ2n) is 4.05. The van der Waals surface area contributed by atoms with Crippen LogP contribution in [0.15, 0.2) is 41.4 Å². The van der Waals surface area contributed by atoms with Crippen LogP contribution in [0.2, 0.25) is 0 Å². The van der Waals surface area contributed by atoms with Gasteiger partial charge < -0.3 is 15.2 Å². The van der Waals surface area contributed by atoms with E-state index in [0.717, 1.165) is 10.0 Å². The fourth-order valence-electron chi connectivity index (χ4n) is 1.50. The van der Waals surface area contributed by atoms with Gasteiger partial charge in [-0.25, -0.2) is 4.79 Å². The number of carbonyl (C=O) groups is 2. The molecule has 6 heteroatoms. The zero-order valence-electron chi connectivity index (χ0n) is 10.8. The van der Waals surface area contributed by atoms with Gasteiger partial charge in [0.05, 0.1) is 19.6 Å². The van der Waals surface area contributed by atoms with Crippen LogP contribution in [0, 0.1) is 0 Å². The summed E-state index contributed by atoms with van der Waals surface area (Å²) < 4.78 is 5.87. The fraction of sp³-hybridized carbons (Fsp3) is 0.286. The molecule has 1 rings (SSSR count). The van der Waals surface area contributed by atoms with Crippen LogP contribution in [0.1, 0.15) is 5.56 Å². The first-order chi connectivity index (χ1) is 9.54.